The van der Waals surface area contributed by atoms with E-state index in [-0.39, 0.29) is 0 Å². The number of nitrogens with one attached hydrogen (secondary N) is 1. The molecule has 0 spiro atoms. The van der Waals surface area contributed by atoms with Crippen LogP contribution in [0.15, 0.2) is 77.3 Å². The van der Waals surface area contributed by atoms with E-state index < -0.39 is 0 Å². The van der Waals surface area contributed by atoms with Crippen LogP contribution in [0.3, 0.4) is 0 Å². The molecule has 0 bridgehead atoms. The van der Waals surface area contributed by atoms with Crippen molar-refractivity contribution in [3.8, 4) is 11.5 Å². The predicted octanol–water partition coefficient (Wildman–Crippen LogP) is 6.11. The summed E-state index contributed by atoms with van der Waals surface area (Å²) in [6.07, 6.45) is 4.59. The molecule has 0 aliphatic heterocycles. The number of ether oxygens (including phenoxy) is 1. The lowest BCUT2D eigenvalue weighted by atomic mass is 10.3. The van der Waals surface area contributed by atoms with E-state index in [2.05, 4.69) is 20.3 Å². The van der Waals surface area contributed by atoms with Crippen molar-refractivity contribution in [2.45, 2.75) is 18.2 Å². The van der Waals surface area contributed by atoms with Crippen LogP contribution < -0.4 is 10.1 Å². The Kier molecular flexibility index (Phi) is 6.38. The Labute approximate surface area is 178 Å². The number of hydrogen-bond acceptors (Lipinski definition) is 7. The first-order chi connectivity index (χ1) is 14.3. The van der Waals surface area contributed by atoms with Crippen molar-refractivity contribution in [1.82, 2.24) is 15.0 Å². The number of nitrogens with zero attached hydrogens (tertiary/aromatic N) is 3. The van der Waals surface area contributed by atoms with Gasteiger partial charge in [-0.2, -0.15) is 0 Å². The van der Waals surface area contributed by atoms with E-state index in [0.717, 1.165) is 39.3 Å². The maximum Gasteiger partial charge on any atom is 0.188 e. The summed E-state index contributed by atoms with van der Waals surface area (Å²) in [5.74, 6) is 3.01. The number of thioether (sulfide) groups is 1. The number of rotatable bonds is 8. The minimum atomic E-state index is 0.650. The van der Waals surface area contributed by atoms with Crippen molar-refractivity contribution >= 4 is 34.0 Å². The summed E-state index contributed by atoms with van der Waals surface area (Å²) in [5.41, 5.74) is 2.07. The van der Waals surface area contributed by atoms with Crippen LogP contribution >= 0.6 is 23.1 Å². The summed E-state index contributed by atoms with van der Waals surface area (Å²) in [4.78, 5) is 14.5. The summed E-state index contributed by atoms with van der Waals surface area (Å²) in [6.45, 7) is 1.97. The number of para-hydroxylation sites is 1. The van der Waals surface area contributed by atoms with Gasteiger partial charge >= 0.3 is 0 Å². The van der Waals surface area contributed by atoms with Gasteiger partial charge in [0.1, 0.15) is 5.75 Å². The Morgan fingerprint density at radius 1 is 1.07 bits per heavy atom. The Morgan fingerprint density at radius 3 is 2.69 bits per heavy atom. The highest BCUT2D eigenvalue weighted by Crippen LogP contribution is 2.34. The molecule has 0 aliphatic carbocycles. The standard InChI is InChI=1S/C22H20N4OS2/c1-16-15-29-22(25-16)26-21-20(27-18-8-3-2-4-9-18)13-19(14-24-21)28-12-10-17-7-5-6-11-23-17/h2-9,11,13-15H,10,12H2,1H3,(H,24,25,26). The van der Waals surface area contributed by atoms with E-state index in [9.17, 15) is 0 Å². The molecule has 0 amide bonds. The number of pyridine rings is 2. The molecular formula is C22H20N4OS2. The van der Waals surface area contributed by atoms with Crippen molar-refractivity contribution in [3.05, 3.63) is 83.8 Å². The summed E-state index contributed by atoms with van der Waals surface area (Å²) in [5, 5.41) is 6.07. The summed E-state index contributed by atoms with van der Waals surface area (Å²) >= 11 is 3.28. The fourth-order valence-corrected chi connectivity index (χ4v) is 4.18. The largest absolute Gasteiger partial charge is 0.453 e. The summed E-state index contributed by atoms with van der Waals surface area (Å²) < 4.78 is 6.12. The molecule has 0 unspecified atom stereocenters. The van der Waals surface area contributed by atoms with Gasteiger partial charge in [0.15, 0.2) is 16.7 Å². The quantitative estimate of drug-likeness (QED) is 0.347. The molecule has 5 nitrogen and oxygen atoms in total. The smallest absolute Gasteiger partial charge is 0.188 e. The monoisotopic (exact) mass is 420 g/mol. The minimum Gasteiger partial charge on any atom is -0.453 e. The number of aromatic nitrogens is 3. The van der Waals surface area contributed by atoms with Gasteiger partial charge in [-0.3, -0.25) is 4.98 Å². The van der Waals surface area contributed by atoms with Crippen LogP contribution in [0.5, 0.6) is 11.5 Å². The van der Waals surface area contributed by atoms with Crippen molar-refractivity contribution in [3.63, 3.8) is 0 Å². The van der Waals surface area contributed by atoms with Crippen LogP contribution in [0.2, 0.25) is 0 Å². The highest BCUT2D eigenvalue weighted by atomic mass is 32.2. The number of hydrogen-bond donors (Lipinski definition) is 1. The first-order valence-electron chi connectivity index (χ1n) is 9.21. The molecule has 0 radical (unpaired) electrons. The lowest BCUT2D eigenvalue weighted by Crippen LogP contribution is -1.98. The highest BCUT2D eigenvalue weighted by molar-refractivity contribution is 7.99. The van der Waals surface area contributed by atoms with Crippen molar-refractivity contribution in [2.24, 2.45) is 0 Å². The van der Waals surface area contributed by atoms with Gasteiger partial charge in [-0.1, -0.05) is 24.3 Å². The van der Waals surface area contributed by atoms with Crippen LogP contribution in [0.25, 0.3) is 0 Å². The second kappa shape index (κ2) is 9.54. The van der Waals surface area contributed by atoms with Gasteiger partial charge < -0.3 is 10.1 Å². The second-order valence-corrected chi connectivity index (χ2v) is 8.30. The van der Waals surface area contributed by atoms with E-state index in [1.807, 2.05) is 79.3 Å². The van der Waals surface area contributed by atoms with Crippen LogP contribution in [0.1, 0.15) is 11.4 Å². The number of thiazole rings is 1. The van der Waals surface area contributed by atoms with E-state index in [1.165, 1.54) is 0 Å². The third-order valence-electron chi connectivity index (χ3n) is 4.00. The van der Waals surface area contributed by atoms with E-state index in [4.69, 9.17) is 4.74 Å². The lowest BCUT2D eigenvalue weighted by molar-refractivity contribution is 0.481. The van der Waals surface area contributed by atoms with Gasteiger partial charge in [0.25, 0.3) is 0 Å². The first-order valence-corrected chi connectivity index (χ1v) is 11.1. The number of anilines is 2. The van der Waals surface area contributed by atoms with Gasteiger partial charge in [0, 0.05) is 34.1 Å². The van der Waals surface area contributed by atoms with Crippen LogP contribution in [0.4, 0.5) is 10.9 Å². The Morgan fingerprint density at radius 2 is 1.93 bits per heavy atom. The molecule has 0 aliphatic rings. The Balaban J connectivity index is 1.51. The van der Waals surface area contributed by atoms with E-state index in [0.29, 0.717) is 11.6 Å². The van der Waals surface area contributed by atoms with Crippen LogP contribution in [-0.2, 0) is 6.42 Å². The lowest BCUT2D eigenvalue weighted by Gasteiger charge is -2.12. The predicted molar refractivity (Wildman–Crippen MR) is 120 cm³/mol. The normalized spacial score (nSPS) is 10.7. The third-order valence-corrected chi connectivity index (χ3v) is 5.84. The topological polar surface area (TPSA) is 59.9 Å². The molecule has 0 atom stereocenters. The SMILES string of the molecule is Cc1csc(Nc2ncc(SCCc3ccccn3)cc2Oc2ccccc2)n1. The Bertz CT molecular complexity index is 1050. The molecule has 4 aromatic rings. The Hall–Kier alpha value is -2.90. The molecule has 0 saturated heterocycles. The first kappa shape index (κ1) is 19.4. The molecule has 29 heavy (non-hydrogen) atoms. The molecule has 7 heteroatoms. The van der Waals surface area contributed by atoms with Crippen LogP contribution in [0, 0.1) is 6.92 Å². The molecular weight excluding hydrogens is 400 g/mol. The molecule has 0 saturated carbocycles. The molecule has 146 valence electrons. The fraction of sp³-hybridized carbons (Fsp3) is 0.136. The maximum absolute atomic E-state index is 6.12. The van der Waals surface area contributed by atoms with Crippen molar-refractivity contribution in [1.29, 1.82) is 0 Å². The molecule has 3 aromatic heterocycles. The number of benzene rings is 1. The van der Waals surface area contributed by atoms with Gasteiger partial charge in [-0.25, -0.2) is 9.97 Å². The maximum atomic E-state index is 6.12. The van der Waals surface area contributed by atoms with Gasteiger partial charge in [0.2, 0.25) is 0 Å². The van der Waals surface area contributed by atoms with E-state index in [1.54, 1.807) is 23.1 Å². The minimum absolute atomic E-state index is 0.650. The molecule has 0 fully saturated rings. The zero-order valence-electron chi connectivity index (χ0n) is 15.9. The van der Waals surface area contributed by atoms with Crippen molar-refractivity contribution < 1.29 is 4.74 Å². The third kappa shape index (κ3) is 5.56. The zero-order chi connectivity index (χ0) is 19.9. The fourth-order valence-electron chi connectivity index (χ4n) is 2.62. The number of aryl methyl sites for hydroxylation is 2. The highest BCUT2D eigenvalue weighted by Gasteiger charge is 2.11. The molecule has 3 heterocycles. The summed E-state index contributed by atoms with van der Waals surface area (Å²) in [7, 11) is 0. The molecule has 1 aromatic carbocycles. The van der Waals surface area contributed by atoms with Crippen LogP contribution in [-0.4, -0.2) is 20.7 Å². The van der Waals surface area contributed by atoms with Gasteiger partial charge in [0.05, 0.1) is 5.69 Å². The average Bonchev–Trinajstić information content (AvgIpc) is 3.16. The summed E-state index contributed by atoms with van der Waals surface area (Å²) in [6, 6.07) is 17.7. The van der Waals surface area contributed by atoms with E-state index >= 15 is 0 Å². The average molecular weight is 421 g/mol. The molecule has 4 rings (SSSR count). The van der Waals surface area contributed by atoms with Gasteiger partial charge in [-0.05, 0) is 43.7 Å². The molecule has 1 N–H and O–H groups in total. The van der Waals surface area contributed by atoms with Gasteiger partial charge in [-0.15, -0.1) is 23.1 Å². The van der Waals surface area contributed by atoms with Crippen molar-refractivity contribution in [2.75, 3.05) is 11.1 Å². The zero-order valence-corrected chi connectivity index (χ0v) is 17.5. The second-order valence-electron chi connectivity index (χ2n) is 6.27.